The Morgan fingerprint density at radius 3 is 2.58 bits per heavy atom. The summed E-state index contributed by atoms with van der Waals surface area (Å²) in [6.07, 6.45) is 5.12. The van der Waals surface area contributed by atoms with E-state index in [9.17, 15) is 14.0 Å². The summed E-state index contributed by atoms with van der Waals surface area (Å²) in [7, 11) is 0. The topological polar surface area (TPSA) is 115 Å². The number of halogens is 1. The highest BCUT2D eigenvalue weighted by Gasteiger charge is 2.24. The first-order valence-corrected chi connectivity index (χ1v) is 10.6. The molecular formula is C23H23FN6O3. The maximum Gasteiger partial charge on any atom is 0.273 e. The molecule has 2 N–H and O–H groups in total. The molecule has 0 saturated carbocycles. The Bertz CT molecular complexity index is 1310. The van der Waals surface area contributed by atoms with Crippen LogP contribution in [0.15, 0.2) is 47.3 Å². The number of hydrogen-bond donors (Lipinski definition) is 2. The average molecular weight is 450 g/mol. The monoisotopic (exact) mass is 450 g/mol. The number of benzene rings is 1. The highest BCUT2D eigenvalue weighted by Crippen LogP contribution is 2.24. The Balaban J connectivity index is 1.61. The minimum atomic E-state index is -0.540. The number of pyridine rings is 1. The third-order valence-electron chi connectivity index (χ3n) is 5.19. The highest BCUT2D eigenvalue weighted by atomic mass is 19.1. The molecule has 0 spiro atoms. The predicted molar refractivity (Wildman–Crippen MR) is 119 cm³/mol. The van der Waals surface area contributed by atoms with Crippen molar-refractivity contribution in [2.45, 2.75) is 33.2 Å². The van der Waals surface area contributed by atoms with Gasteiger partial charge in [-0.15, -0.1) is 0 Å². The minimum Gasteiger partial charge on any atom is -0.443 e. The minimum absolute atomic E-state index is 0.198. The van der Waals surface area contributed by atoms with E-state index in [4.69, 9.17) is 4.42 Å². The van der Waals surface area contributed by atoms with Crippen LogP contribution in [0.25, 0.3) is 16.6 Å². The standard InChI is InChI=1S/C23H23FN6O3/c1-4-18(23-29-20(13(3)33-23)22(32)26-5-2)28-21(31)17-10-25-12-19-16(17)11-27-30(19)15-8-6-14(24)7-9-15/h6-12,18H,4-5H2,1-3H3,(H,26,32)(H,28,31). The van der Waals surface area contributed by atoms with Crippen molar-refractivity contribution in [2.24, 2.45) is 0 Å². The smallest absolute Gasteiger partial charge is 0.273 e. The van der Waals surface area contributed by atoms with Gasteiger partial charge in [0.25, 0.3) is 11.8 Å². The molecule has 1 atom stereocenters. The van der Waals surface area contributed by atoms with Crippen LogP contribution in [0.5, 0.6) is 0 Å². The molecule has 2 amide bonds. The second-order valence-electron chi connectivity index (χ2n) is 7.40. The lowest BCUT2D eigenvalue weighted by Gasteiger charge is -2.14. The molecule has 4 rings (SSSR count). The van der Waals surface area contributed by atoms with Gasteiger partial charge in [0, 0.05) is 18.1 Å². The number of rotatable bonds is 7. The SMILES string of the molecule is CCNC(=O)c1nc(C(CC)NC(=O)c2cncc3c2cnn3-c2ccc(F)cc2)oc1C. The number of carbonyl (C=O) groups excluding carboxylic acids is 2. The summed E-state index contributed by atoms with van der Waals surface area (Å²) in [6.45, 7) is 5.82. The maximum absolute atomic E-state index is 13.3. The van der Waals surface area contributed by atoms with Crippen molar-refractivity contribution < 1.29 is 18.4 Å². The number of carbonyl (C=O) groups is 2. The molecule has 0 saturated heterocycles. The molecule has 0 bridgehead atoms. The fraction of sp³-hybridized carbons (Fsp3) is 0.261. The predicted octanol–water partition coefficient (Wildman–Crippen LogP) is 3.49. The molecule has 0 fully saturated rings. The van der Waals surface area contributed by atoms with E-state index in [1.54, 1.807) is 36.1 Å². The Kier molecular flexibility index (Phi) is 6.16. The van der Waals surface area contributed by atoms with Crippen LogP contribution >= 0.6 is 0 Å². The number of aryl methyl sites for hydroxylation is 1. The molecule has 1 aromatic carbocycles. The van der Waals surface area contributed by atoms with Gasteiger partial charge in [0.05, 0.1) is 29.2 Å². The number of fused-ring (bicyclic) bond motifs is 1. The third kappa shape index (κ3) is 4.32. The Hall–Kier alpha value is -4.08. The summed E-state index contributed by atoms with van der Waals surface area (Å²) >= 11 is 0. The summed E-state index contributed by atoms with van der Waals surface area (Å²) in [5.74, 6) is -0.418. The lowest BCUT2D eigenvalue weighted by Crippen LogP contribution is -2.29. The lowest BCUT2D eigenvalue weighted by atomic mass is 10.1. The summed E-state index contributed by atoms with van der Waals surface area (Å²) in [6, 6.07) is 5.33. The molecule has 9 nitrogen and oxygen atoms in total. The fourth-order valence-electron chi connectivity index (χ4n) is 3.51. The van der Waals surface area contributed by atoms with Crippen LogP contribution in [0.1, 0.15) is 58.8 Å². The van der Waals surface area contributed by atoms with Crippen LogP contribution in [0.3, 0.4) is 0 Å². The zero-order chi connectivity index (χ0) is 23.5. The van der Waals surface area contributed by atoms with Crippen molar-refractivity contribution in [1.82, 2.24) is 30.4 Å². The second-order valence-corrected chi connectivity index (χ2v) is 7.40. The van der Waals surface area contributed by atoms with Crippen molar-refractivity contribution in [3.05, 3.63) is 71.6 Å². The lowest BCUT2D eigenvalue weighted by molar-refractivity contribution is 0.0928. The van der Waals surface area contributed by atoms with Gasteiger partial charge in [-0.2, -0.15) is 5.10 Å². The first kappa shape index (κ1) is 22.1. The number of nitrogens with zero attached hydrogens (tertiary/aromatic N) is 4. The van der Waals surface area contributed by atoms with Gasteiger partial charge in [0.15, 0.2) is 5.69 Å². The van der Waals surface area contributed by atoms with Crippen molar-refractivity contribution >= 4 is 22.7 Å². The molecule has 0 aliphatic rings. The van der Waals surface area contributed by atoms with E-state index >= 15 is 0 Å². The summed E-state index contributed by atoms with van der Waals surface area (Å²) < 4.78 is 20.6. The molecule has 10 heteroatoms. The van der Waals surface area contributed by atoms with Gasteiger partial charge in [-0.1, -0.05) is 6.92 Å². The molecule has 170 valence electrons. The van der Waals surface area contributed by atoms with E-state index in [0.717, 1.165) is 0 Å². The first-order valence-electron chi connectivity index (χ1n) is 10.6. The largest absolute Gasteiger partial charge is 0.443 e. The number of aromatic nitrogens is 4. The van der Waals surface area contributed by atoms with Crippen LogP contribution < -0.4 is 10.6 Å². The zero-order valence-electron chi connectivity index (χ0n) is 18.4. The van der Waals surface area contributed by atoms with Gasteiger partial charge in [0.2, 0.25) is 5.89 Å². The normalized spacial score (nSPS) is 12.0. The van der Waals surface area contributed by atoms with Crippen LogP contribution in [0.4, 0.5) is 4.39 Å². The van der Waals surface area contributed by atoms with E-state index < -0.39 is 6.04 Å². The molecular weight excluding hydrogens is 427 g/mol. The molecule has 4 aromatic rings. The Morgan fingerprint density at radius 2 is 1.88 bits per heavy atom. The molecule has 3 aromatic heterocycles. The van der Waals surface area contributed by atoms with Gasteiger partial charge in [0.1, 0.15) is 17.6 Å². The Morgan fingerprint density at radius 1 is 1.12 bits per heavy atom. The van der Waals surface area contributed by atoms with Gasteiger partial charge >= 0.3 is 0 Å². The summed E-state index contributed by atoms with van der Waals surface area (Å²) in [5, 5.41) is 10.5. The highest BCUT2D eigenvalue weighted by molar-refractivity contribution is 6.06. The van der Waals surface area contributed by atoms with E-state index in [0.29, 0.717) is 40.9 Å². The molecule has 0 aliphatic heterocycles. The van der Waals surface area contributed by atoms with Crippen LogP contribution in [0, 0.1) is 12.7 Å². The zero-order valence-corrected chi connectivity index (χ0v) is 18.4. The first-order chi connectivity index (χ1) is 15.9. The van der Waals surface area contributed by atoms with E-state index in [-0.39, 0.29) is 29.2 Å². The fourth-order valence-corrected chi connectivity index (χ4v) is 3.51. The van der Waals surface area contributed by atoms with Gasteiger partial charge in [-0.05, 0) is 44.5 Å². The number of hydrogen-bond acceptors (Lipinski definition) is 6. The Labute approximate surface area is 189 Å². The molecule has 33 heavy (non-hydrogen) atoms. The van der Waals surface area contributed by atoms with Crippen LogP contribution in [-0.2, 0) is 0 Å². The van der Waals surface area contributed by atoms with Crippen molar-refractivity contribution in [1.29, 1.82) is 0 Å². The third-order valence-corrected chi connectivity index (χ3v) is 5.19. The summed E-state index contributed by atoms with van der Waals surface area (Å²) in [5.41, 5.74) is 1.77. The molecule has 0 radical (unpaired) electrons. The van der Waals surface area contributed by atoms with Crippen molar-refractivity contribution in [3.8, 4) is 5.69 Å². The van der Waals surface area contributed by atoms with Gasteiger partial charge < -0.3 is 15.1 Å². The molecule has 1 unspecified atom stereocenters. The van der Waals surface area contributed by atoms with Gasteiger partial charge in [-0.25, -0.2) is 14.1 Å². The molecule has 3 heterocycles. The second kappa shape index (κ2) is 9.19. The number of oxazole rings is 1. The maximum atomic E-state index is 13.3. The molecule has 0 aliphatic carbocycles. The van der Waals surface area contributed by atoms with Crippen LogP contribution in [0.2, 0.25) is 0 Å². The van der Waals surface area contributed by atoms with Gasteiger partial charge in [-0.3, -0.25) is 14.6 Å². The van der Waals surface area contributed by atoms with Crippen LogP contribution in [-0.4, -0.2) is 38.1 Å². The summed E-state index contributed by atoms with van der Waals surface area (Å²) in [4.78, 5) is 33.8. The number of amides is 2. The van der Waals surface area contributed by atoms with Crippen molar-refractivity contribution in [2.75, 3.05) is 6.54 Å². The van der Waals surface area contributed by atoms with E-state index in [1.807, 2.05) is 13.8 Å². The number of nitrogens with one attached hydrogen (secondary N) is 2. The van der Waals surface area contributed by atoms with E-state index in [1.165, 1.54) is 18.3 Å². The average Bonchev–Trinajstić information content (AvgIpc) is 3.41. The quantitative estimate of drug-likeness (QED) is 0.445. The van der Waals surface area contributed by atoms with Crippen molar-refractivity contribution in [3.63, 3.8) is 0 Å². The van der Waals surface area contributed by atoms with E-state index in [2.05, 4.69) is 25.7 Å².